The quantitative estimate of drug-likeness (QED) is 0.646. The molecule has 0 saturated heterocycles. The average molecular weight is 329 g/mol. The lowest BCUT2D eigenvalue weighted by molar-refractivity contribution is -0.137. The van der Waals surface area contributed by atoms with Crippen LogP contribution in [0, 0.1) is 0 Å². The predicted octanol–water partition coefficient (Wildman–Crippen LogP) is 3.28. The Hall–Kier alpha value is -3.02. The zero-order valence-corrected chi connectivity index (χ0v) is 13.1. The fourth-order valence-electron chi connectivity index (χ4n) is 2.11. The van der Waals surface area contributed by atoms with Crippen molar-refractivity contribution < 1.29 is 24.5 Å². The molecule has 0 fully saturated rings. The lowest BCUT2D eigenvalue weighted by Gasteiger charge is -2.12. The standard InChI is InChI=1S/C18H19NO5/c20-15-9-3-1-7-13(15)18(23)19-14-8-2-4-10-16(14)24-12-6-5-11-17(21)22/h1-4,7-10,20H,5-6,11-12H2,(H,19,23)(H,21,22). The molecule has 0 heterocycles. The summed E-state index contributed by atoms with van der Waals surface area (Å²) >= 11 is 0. The summed E-state index contributed by atoms with van der Waals surface area (Å²) in [5, 5.41) is 21.0. The van der Waals surface area contributed by atoms with Crippen molar-refractivity contribution in [3.8, 4) is 11.5 Å². The van der Waals surface area contributed by atoms with Crippen LogP contribution in [-0.2, 0) is 4.79 Å². The Kier molecular flexibility index (Phi) is 6.19. The molecule has 0 atom stereocenters. The highest BCUT2D eigenvalue weighted by Gasteiger charge is 2.12. The number of unbranched alkanes of at least 4 members (excludes halogenated alkanes) is 1. The van der Waals surface area contributed by atoms with Crippen molar-refractivity contribution in [3.63, 3.8) is 0 Å². The van der Waals surface area contributed by atoms with Gasteiger partial charge in [0.2, 0.25) is 0 Å². The number of hydrogen-bond donors (Lipinski definition) is 3. The number of carboxylic acids is 1. The van der Waals surface area contributed by atoms with E-state index in [1.54, 1.807) is 36.4 Å². The predicted molar refractivity (Wildman–Crippen MR) is 89.5 cm³/mol. The van der Waals surface area contributed by atoms with Crippen molar-refractivity contribution in [3.05, 3.63) is 54.1 Å². The lowest BCUT2D eigenvalue weighted by Crippen LogP contribution is -2.13. The van der Waals surface area contributed by atoms with Gasteiger partial charge in [0.1, 0.15) is 11.5 Å². The van der Waals surface area contributed by atoms with E-state index in [2.05, 4.69) is 5.32 Å². The number of hydrogen-bond acceptors (Lipinski definition) is 4. The summed E-state index contributed by atoms with van der Waals surface area (Å²) in [4.78, 5) is 22.7. The van der Waals surface area contributed by atoms with E-state index in [1.165, 1.54) is 12.1 Å². The molecular weight excluding hydrogens is 310 g/mol. The molecule has 0 aliphatic carbocycles. The number of aromatic hydroxyl groups is 1. The zero-order valence-electron chi connectivity index (χ0n) is 13.1. The van der Waals surface area contributed by atoms with Crippen molar-refractivity contribution in [2.24, 2.45) is 0 Å². The SMILES string of the molecule is O=C(O)CCCCOc1ccccc1NC(=O)c1ccccc1O. The summed E-state index contributed by atoms with van der Waals surface area (Å²) in [6, 6.07) is 13.2. The van der Waals surface area contributed by atoms with E-state index >= 15 is 0 Å². The Morgan fingerprint density at radius 3 is 2.46 bits per heavy atom. The second kappa shape index (κ2) is 8.57. The van der Waals surface area contributed by atoms with Gasteiger partial charge in [0.15, 0.2) is 0 Å². The molecule has 24 heavy (non-hydrogen) atoms. The van der Waals surface area contributed by atoms with Crippen molar-refractivity contribution in [1.29, 1.82) is 0 Å². The number of carbonyl (C=O) groups is 2. The number of carboxylic acid groups (broad SMARTS) is 1. The molecule has 1 amide bonds. The van der Waals surface area contributed by atoms with Crippen LogP contribution in [0.2, 0.25) is 0 Å². The minimum Gasteiger partial charge on any atom is -0.507 e. The fourth-order valence-corrected chi connectivity index (χ4v) is 2.11. The monoisotopic (exact) mass is 329 g/mol. The van der Waals surface area contributed by atoms with Crippen LogP contribution in [0.3, 0.4) is 0 Å². The first-order valence-corrected chi connectivity index (χ1v) is 7.61. The van der Waals surface area contributed by atoms with E-state index in [0.717, 1.165) is 0 Å². The summed E-state index contributed by atoms with van der Waals surface area (Å²) in [5.74, 6) is -0.862. The zero-order chi connectivity index (χ0) is 17.4. The van der Waals surface area contributed by atoms with Crippen molar-refractivity contribution in [1.82, 2.24) is 0 Å². The van der Waals surface area contributed by atoms with Gasteiger partial charge in [-0.05, 0) is 37.1 Å². The number of anilines is 1. The molecule has 0 radical (unpaired) electrons. The first kappa shape index (κ1) is 17.3. The van der Waals surface area contributed by atoms with Gasteiger partial charge < -0.3 is 20.3 Å². The second-order valence-electron chi connectivity index (χ2n) is 5.17. The molecule has 6 heteroatoms. The number of rotatable bonds is 8. The van der Waals surface area contributed by atoms with E-state index < -0.39 is 11.9 Å². The van der Waals surface area contributed by atoms with Crippen LogP contribution < -0.4 is 10.1 Å². The molecule has 2 aromatic carbocycles. The number of benzene rings is 2. The van der Waals surface area contributed by atoms with E-state index in [1.807, 2.05) is 0 Å². The molecule has 0 aliphatic heterocycles. The van der Waals surface area contributed by atoms with E-state index in [4.69, 9.17) is 9.84 Å². The molecular formula is C18H19NO5. The number of amides is 1. The third kappa shape index (κ3) is 5.01. The number of phenolic OH excluding ortho intramolecular Hbond substituents is 1. The Morgan fingerprint density at radius 1 is 1.00 bits per heavy atom. The number of phenols is 1. The molecule has 2 rings (SSSR count). The van der Waals surface area contributed by atoms with Gasteiger partial charge in [0.25, 0.3) is 5.91 Å². The number of aliphatic carboxylic acids is 1. The molecule has 0 aliphatic rings. The maximum Gasteiger partial charge on any atom is 0.303 e. The number of carbonyl (C=O) groups excluding carboxylic acids is 1. The van der Waals surface area contributed by atoms with Gasteiger partial charge in [0, 0.05) is 6.42 Å². The van der Waals surface area contributed by atoms with Gasteiger partial charge in [-0.2, -0.15) is 0 Å². The maximum atomic E-state index is 12.2. The van der Waals surface area contributed by atoms with Crippen LogP contribution in [0.1, 0.15) is 29.6 Å². The third-order valence-electron chi connectivity index (χ3n) is 3.33. The molecule has 0 saturated carbocycles. The number of ether oxygens (including phenoxy) is 1. The van der Waals surface area contributed by atoms with Crippen LogP contribution in [-0.4, -0.2) is 28.7 Å². The van der Waals surface area contributed by atoms with Gasteiger partial charge in [-0.15, -0.1) is 0 Å². The summed E-state index contributed by atoms with van der Waals surface area (Å²) in [6.45, 7) is 0.358. The normalized spacial score (nSPS) is 10.2. The van der Waals surface area contributed by atoms with Gasteiger partial charge >= 0.3 is 5.97 Å². The minimum atomic E-state index is -0.828. The van der Waals surface area contributed by atoms with Crippen molar-refractivity contribution in [2.75, 3.05) is 11.9 Å². The molecule has 0 spiro atoms. The van der Waals surface area contributed by atoms with E-state index in [9.17, 15) is 14.7 Å². The first-order valence-electron chi connectivity index (χ1n) is 7.61. The molecule has 6 nitrogen and oxygen atoms in total. The maximum absolute atomic E-state index is 12.2. The molecule has 0 unspecified atom stereocenters. The molecule has 0 bridgehead atoms. The van der Waals surface area contributed by atoms with Crippen LogP contribution in [0.4, 0.5) is 5.69 Å². The van der Waals surface area contributed by atoms with Gasteiger partial charge in [0.05, 0.1) is 17.9 Å². The summed E-state index contributed by atoms with van der Waals surface area (Å²) in [6.07, 6.45) is 1.24. The minimum absolute atomic E-state index is 0.0953. The van der Waals surface area contributed by atoms with E-state index in [-0.39, 0.29) is 17.7 Å². The average Bonchev–Trinajstić information content (AvgIpc) is 2.56. The highest BCUT2D eigenvalue weighted by Crippen LogP contribution is 2.26. The van der Waals surface area contributed by atoms with Crippen LogP contribution in [0.15, 0.2) is 48.5 Å². The lowest BCUT2D eigenvalue weighted by atomic mass is 10.2. The largest absolute Gasteiger partial charge is 0.507 e. The van der Waals surface area contributed by atoms with Crippen LogP contribution in [0.25, 0.3) is 0 Å². The fraction of sp³-hybridized carbons (Fsp3) is 0.222. The van der Waals surface area contributed by atoms with Crippen LogP contribution >= 0.6 is 0 Å². The second-order valence-corrected chi connectivity index (χ2v) is 5.17. The summed E-state index contributed by atoms with van der Waals surface area (Å²) in [5.41, 5.74) is 0.665. The van der Waals surface area contributed by atoms with E-state index in [0.29, 0.717) is 30.9 Å². The van der Waals surface area contributed by atoms with Gasteiger partial charge in [-0.1, -0.05) is 24.3 Å². The van der Waals surface area contributed by atoms with Crippen molar-refractivity contribution in [2.45, 2.75) is 19.3 Å². The van der Waals surface area contributed by atoms with Gasteiger partial charge in [-0.3, -0.25) is 9.59 Å². The van der Waals surface area contributed by atoms with Crippen LogP contribution in [0.5, 0.6) is 11.5 Å². The van der Waals surface area contributed by atoms with Gasteiger partial charge in [-0.25, -0.2) is 0 Å². The highest BCUT2D eigenvalue weighted by molar-refractivity contribution is 6.06. The smallest absolute Gasteiger partial charge is 0.303 e. The number of para-hydroxylation sites is 3. The molecule has 3 N–H and O–H groups in total. The Morgan fingerprint density at radius 2 is 1.71 bits per heavy atom. The summed E-state index contributed by atoms with van der Waals surface area (Å²) < 4.78 is 5.62. The summed E-state index contributed by atoms with van der Waals surface area (Å²) in [7, 11) is 0. The van der Waals surface area contributed by atoms with Crippen molar-refractivity contribution >= 4 is 17.6 Å². The molecule has 2 aromatic rings. The topological polar surface area (TPSA) is 95.9 Å². The Bertz CT molecular complexity index is 714. The third-order valence-corrected chi connectivity index (χ3v) is 3.33. The molecule has 126 valence electrons. The number of nitrogens with one attached hydrogen (secondary N) is 1. The Labute approximate surface area is 139 Å². The highest BCUT2D eigenvalue weighted by atomic mass is 16.5. The Balaban J connectivity index is 1.97. The molecule has 0 aromatic heterocycles. The first-order chi connectivity index (χ1) is 11.6.